The quantitative estimate of drug-likeness (QED) is 0.0759. The molecule has 1 unspecified atom stereocenters. The van der Waals surface area contributed by atoms with E-state index >= 15 is 0 Å². The Bertz CT molecular complexity index is 1480. The number of nitrogen functional groups attached to an aromatic ring is 1. The fourth-order valence-corrected chi connectivity index (χ4v) is 6.25. The van der Waals surface area contributed by atoms with Crippen molar-refractivity contribution in [1.82, 2.24) is 0 Å². The second-order valence-electron chi connectivity index (χ2n) is 10.4. The lowest BCUT2D eigenvalue weighted by molar-refractivity contribution is -0.150. The molecule has 44 heavy (non-hydrogen) atoms. The standard InChI is InChI=1S/C35H38NO7P/c36-33-19-16-28(17-20-33)22-23-42-44(39,43-26-31-14-8-3-9-15-31)27-32(35(38)41-25-30-12-6-2-7-13-30)18-21-34(37)40-24-29-10-4-1-5-11-29/h1-17,19-20,32H,18,21-27,36H2/t32-,44?/m1/s1. The number of hydrogen-bond donors (Lipinski definition) is 1. The van der Waals surface area contributed by atoms with E-state index in [9.17, 15) is 14.2 Å². The number of esters is 2. The fraction of sp³-hybridized carbons (Fsp3) is 0.257. The van der Waals surface area contributed by atoms with Gasteiger partial charge in [0.1, 0.15) is 13.2 Å². The second-order valence-corrected chi connectivity index (χ2v) is 12.5. The molecule has 4 aromatic rings. The van der Waals surface area contributed by atoms with Crippen molar-refractivity contribution in [3.63, 3.8) is 0 Å². The number of ether oxygens (including phenoxy) is 2. The minimum atomic E-state index is -3.84. The van der Waals surface area contributed by atoms with Crippen LogP contribution in [0.3, 0.4) is 0 Å². The van der Waals surface area contributed by atoms with E-state index in [1.807, 2.05) is 103 Å². The highest BCUT2D eigenvalue weighted by molar-refractivity contribution is 7.53. The van der Waals surface area contributed by atoms with Crippen LogP contribution in [0.2, 0.25) is 0 Å². The van der Waals surface area contributed by atoms with Gasteiger partial charge in [0.2, 0.25) is 0 Å². The van der Waals surface area contributed by atoms with Gasteiger partial charge in [-0.15, -0.1) is 0 Å². The molecule has 8 nitrogen and oxygen atoms in total. The first-order valence-electron chi connectivity index (χ1n) is 14.6. The predicted molar refractivity (Wildman–Crippen MR) is 169 cm³/mol. The van der Waals surface area contributed by atoms with E-state index in [-0.39, 0.29) is 45.4 Å². The number of carbonyl (C=O) groups is 2. The largest absolute Gasteiger partial charge is 0.461 e. The summed E-state index contributed by atoms with van der Waals surface area (Å²) in [4.78, 5) is 26.0. The van der Waals surface area contributed by atoms with Crippen LogP contribution in [0, 0.1) is 5.92 Å². The summed E-state index contributed by atoms with van der Waals surface area (Å²) in [5, 5.41) is 0. The maximum absolute atomic E-state index is 14.2. The third-order valence-electron chi connectivity index (χ3n) is 6.87. The summed E-state index contributed by atoms with van der Waals surface area (Å²) in [6.07, 6.45) is 0.207. The number of carbonyl (C=O) groups excluding carboxylic acids is 2. The molecule has 4 rings (SSSR count). The molecular weight excluding hydrogens is 577 g/mol. The Balaban J connectivity index is 1.45. The maximum Gasteiger partial charge on any atom is 0.331 e. The number of hydrogen-bond acceptors (Lipinski definition) is 8. The van der Waals surface area contributed by atoms with Crippen LogP contribution in [0.4, 0.5) is 5.69 Å². The second kappa shape index (κ2) is 17.2. The van der Waals surface area contributed by atoms with Crippen LogP contribution in [-0.2, 0) is 58.9 Å². The van der Waals surface area contributed by atoms with Crippen LogP contribution in [0.15, 0.2) is 115 Å². The van der Waals surface area contributed by atoms with Gasteiger partial charge in [-0.3, -0.25) is 14.2 Å². The molecule has 0 fully saturated rings. The minimum Gasteiger partial charge on any atom is -0.461 e. The number of anilines is 1. The summed E-state index contributed by atoms with van der Waals surface area (Å²) in [6.45, 7) is 0.295. The first-order chi connectivity index (χ1) is 21.4. The summed E-state index contributed by atoms with van der Waals surface area (Å²) in [7, 11) is -3.84. The highest BCUT2D eigenvalue weighted by atomic mass is 31.2. The molecule has 0 saturated heterocycles. The van der Waals surface area contributed by atoms with Crippen molar-refractivity contribution < 1.29 is 32.7 Å². The van der Waals surface area contributed by atoms with Crippen molar-refractivity contribution in [3.8, 4) is 0 Å². The third kappa shape index (κ3) is 11.5. The van der Waals surface area contributed by atoms with Crippen LogP contribution < -0.4 is 5.73 Å². The molecule has 2 atom stereocenters. The summed E-state index contributed by atoms with van der Waals surface area (Å²) in [5.41, 5.74) is 9.86. The van der Waals surface area contributed by atoms with Gasteiger partial charge >= 0.3 is 19.5 Å². The molecule has 0 heterocycles. The Morgan fingerprint density at radius 2 is 1.16 bits per heavy atom. The number of benzene rings is 4. The van der Waals surface area contributed by atoms with E-state index in [1.54, 1.807) is 12.1 Å². The molecule has 0 aliphatic heterocycles. The molecule has 0 radical (unpaired) electrons. The zero-order valence-electron chi connectivity index (χ0n) is 24.6. The molecule has 4 aromatic carbocycles. The van der Waals surface area contributed by atoms with Gasteiger partial charge in [-0.05, 0) is 47.2 Å². The van der Waals surface area contributed by atoms with Crippen molar-refractivity contribution in [1.29, 1.82) is 0 Å². The summed E-state index contributed by atoms with van der Waals surface area (Å²) in [6, 6.07) is 35.2. The summed E-state index contributed by atoms with van der Waals surface area (Å²) in [5.74, 6) is -1.99. The van der Waals surface area contributed by atoms with Gasteiger partial charge in [0.25, 0.3) is 0 Å². The molecule has 2 N–H and O–H groups in total. The Kier molecular flexibility index (Phi) is 12.7. The van der Waals surface area contributed by atoms with Gasteiger partial charge < -0.3 is 24.3 Å². The Hall–Kier alpha value is -4.23. The average molecular weight is 616 g/mol. The monoisotopic (exact) mass is 615 g/mol. The van der Waals surface area contributed by atoms with Crippen LogP contribution in [0.5, 0.6) is 0 Å². The van der Waals surface area contributed by atoms with Crippen molar-refractivity contribution in [3.05, 3.63) is 138 Å². The molecular formula is C35H38NO7P. The van der Waals surface area contributed by atoms with E-state index in [2.05, 4.69) is 0 Å². The molecule has 0 bridgehead atoms. The normalized spacial score (nSPS) is 13.0. The van der Waals surface area contributed by atoms with Crippen molar-refractivity contribution in [2.75, 3.05) is 18.5 Å². The van der Waals surface area contributed by atoms with Crippen molar-refractivity contribution >= 4 is 25.2 Å². The lowest BCUT2D eigenvalue weighted by Crippen LogP contribution is -2.24. The third-order valence-corrected chi connectivity index (χ3v) is 8.86. The van der Waals surface area contributed by atoms with Gasteiger partial charge in [-0.1, -0.05) is 103 Å². The smallest absolute Gasteiger partial charge is 0.331 e. The minimum absolute atomic E-state index is 0.0326. The lowest BCUT2D eigenvalue weighted by Gasteiger charge is -2.23. The first-order valence-corrected chi connectivity index (χ1v) is 16.3. The topological polar surface area (TPSA) is 114 Å². The maximum atomic E-state index is 14.2. The van der Waals surface area contributed by atoms with Crippen LogP contribution >= 0.6 is 7.60 Å². The molecule has 0 spiro atoms. The van der Waals surface area contributed by atoms with Crippen molar-refractivity contribution in [2.24, 2.45) is 5.92 Å². The Morgan fingerprint density at radius 1 is 0.636 bits per heavy atom. The average Bonchev–Trinajstić information content (AvgIpc) is 3.06. The predicted octanol–water partition coefficient (Wildman–Crippen LogP) is 7.12. The van der Waals surface area contributed by atoms with Gasteiger partial charge in [-0.2, -0.15) is 0 Å². The summed E-state index contributed by atoms with van der Waals surface area (Å²) >= 11 is 0. The van der Waals surface area contributed by atoms with Crippen LogP contribution in [-0.4, -0.2) is 24.7 Å². The van der Waals surface area contributed by atoms with Gasteiger partial charge in [-0.25, -0.2) is 0 Å². The molecule has 230 valence electrons. The van der Waals surface area contributed by atoms with E-state index in [1.165, 1.54) is 0 Å². The molecule has 9 heteroatoms. The first kappa shape index (κ1) is 32.7. The van der Waals surface area contributed by atoms with Crippen LogP contribution in [0.25, 0.3) is 0 Å². The zero-order chi connectivity index (χ0) is 31.0. The zero-order valence-corrected chi connectivity index (χ0v) is 25.5. The van der Waals surface area contributed by atoms with Gasteiger partial charge in [0.05, 0.1) is 25.3 Å². The molecule has 0 aromatic heterocycles. The highest BCUT2D eigenvalue weighted by Crippen LogP contribution is 2.51. The molecule has 0 aliphatic carbocycles. The fourth-order valence-electron chi connectivity index (χ4n) is 4.38. The van der Waals surface area contributed by atoms with Gasteiger partial charge in [0, 0.05) is 12.1 Å². The summed E-state index contributed by atoms with van der Waals surface area (Å²) < 4.78 is 37.0. The lowest BCUT2D eigenvalue weighted by atomic mass is 10.1. The van der Waals surface area contributed by atoms with Crippen LogP contribution in [0.1, 0.15) is 35.1 Å². The van der Waals surface area contributed by atoms with Crippen molar-refractivity contribution in [2.45, 2.75) is 39.1 Å². The molecule has 0 amide bonds. The number of rotatable bonds is 17. The highest BCUT2D eigenvalue weighted by Gasteiger charge is 2.34. The Labute approximate surface area is 258 Å². The van der Waals surface area contributed by atoms with E-state index in [0.29, 0.717) is 12.1 Å². The Morgan fingerprint density at radius 3 is 1.73 bits per heavy atom. The van der Waals surface area contributed by atoms with Gasteiger partial charge in [0.15, 0.2) is 0 Å². The number of nitrogens with two attached hydrogens (primary N) is 1. The van der Waals surface area contributed by atoms with E-state index < -0.39 is 25.5 Å². The van der Waals surface area contributed by atoms with E-state index in [0.717, 1.165) is 22.3 Å². The molecule has 0 saturated carbocycles. The SMILES string of the molecule is Nc1ccc(CCOP(=O)(C[C@@H](CCC(=O)OCc2ccccc2)C(=O)OCc2ccccc2)OCc2ccccc2)cc1. The molecule has 0 aliphatic rings. The van der Waals surface area contributed by atoms with E-state index in [4.69, 9.17) is 24.3 Å².